The van der Waals surface area contributed by atoms with Crippen molar-refractivity contribution >= 4 is 69.1 Å². The maximum absolute atomic E-state index is 13.1. The quantitative estimate of drug-likeness (QED) is 0.150. The van der Waals surface area contributed by atoms with Crippen LogP contribution in [-0.2, 0) is 25.5 Å². The summed E-state index contributed by atoms with van der Waals surface area (Å²) in [6.07, 6.45) is -0.0875. The zero-order valence-corrected chi connectivity index (χ0v) is 23.1. The molecule has 33 heavy (non-hydrogen) atoms. The number of hydrogen-bond donors (Lipinski definition) is 2. The van der Waals surface area contributed by atoms with Gasteiger partial charge in [0.05, 0.1) is 23.8 Å². The Morgan fingerprint density at radius 3 is 2.79 bits per heavy atom. The van der Waals surface area contributed by atoms with Gasteiger partial charge in [-0.1, -0.05) is 23.1 Å². The fourth-order valence-corrected chi connectivity index (χ4v) is 7.30. The van der Waals surface area contributed by atoms with E-state index in [4.69, 9.17) is 10.5 Å². The molecule has 11 nitrogen and oxygen atoms in total. The van der Waals surface area contributed by atoms with Crippen LogP contribution in [0.15, 0.2) is 21.0 Å². The van der Waals surface area contributed by atoms with Crippen molar-refractivity contribution in [3.05, 3.63) is 27.4 Å². The molecule has 0 aliphatic carbocycles. The minimum Gasteiger partial charge on any atom is -0.543 e. The molecule has 2 amide bonds. The zero-order valence-electron chi connectivity index (χ0n) is 17.8. The van der Waals surface area contributed by atoms with Crippen molar-refractivity contribution in [3.8, 4) is 0 Å². The molecule has 0 saturated carbocycles. The number of amides is 2. The number of thiazole rings is 1. The maximum Gasteiger partial charge on any atom is 1.00 e. The molecule has 170 valence electrons. The van der Waals surface area contributed by atoms with Gasteiger partial charge in [0.1, 0.15) is 10.4 Å². The first-order valence-electron chi connectivity index (χ1n) is 9.12. The number of ether oxygens (including phenoxy) is 1. The van der Waals surface area contributed by atoms with Crippen molar-refractivity contribution in [1.29, 1.82) is 0 Å². The number of methoxy groups -OCH3 is 1. The molecule has 2 aliphatic rings. The molecular weight excluding hydrogens is 519 g/mol. The predicted molar refractivity (Wildman–Crippen MR) is 119 cm³/mol. The number of rotatable bonds is 8. The Balaban J connectivity index is 0.00000306. The Labute approximate surface area is 227 Å². The molecule has 3 N–H and O–H groups in total. The molecule has 0 radical (unpaired) electrons. The number of nitrogens with two attached hydrogens (primary N) is 1. The van der Waals surface area contributed by atoms with E-state index in [9.17, 15) is 19.5 Å². The van der Waals surface area contributed by atoms with E-state index in [0.29, 0.717) is 32.2 Å². The van der Waals surface area contributed by atoms with E-state index in [2.05, 4.69) is 20.5 Å². The number of nitrogens with zero attached hydrogens (tertiary/aromatic N) is 4. The molecule has 0 spiro atoms. The number of β-lactam (4-membered cyclic amide) rings is 1. The number of fused-ring (bicyclic) bond motifs is 1. The Hall–Kier alpha value is -1.20. The average molecular weight is 537 g/mol. The number of carboxylic acids is 1. The van der Waals surface area contributed by atoms with Crippen LogP contribution >= 0.6 is 46.2 Å². The van der Waals surface area contributed by atoms with E-state index in [1.54, 1.807) is 5.38 Å². The first-order valence-corrected chi connectivity index (χ1v) is 12.9. The van der Waals surface area contributed by atoms with E-state index in [1.807, 2.05) is 6.92 Å². The van der Waals surface area contributed by atoms with Crippen molar-refractivity contribution in [3.63, 3.8) is 0 Å². The van der Waals surface area contributed by atoms with Gasteiger partial charge in [-0.3, -0.25) is 14.5 Å². The Bertz CT molecular complexity index is 1120. The number of aryl methyl sites for hydroxylation is 1. The normalized spacial score (nSPS) is 21.8. The van der Waals surface area contributed by atoms with E-state index in [0.717, 1.165) is 9.91 Å². The molecule has 4 rings (SSSR count). The van der Waals surface area contributed by atoms with Crippen molar-refractivity contribution in [2.24, 2.45) is 0 Å². The van der Waals surface area contributed by atoms with Crippen LogP contribution in [0.25, 0.3) is 0 Å². The van der Waals surface area contributed by atoms with E-state index < -0.39 is 28.9 Å². The van der Waals surface area contributed by atoms with Gasteiger partial charge in [-0.2, -0.15) is 0 Å². The summed E-state index contributed by atoms with van der Waals surface area (Å²) >= 11 is 5.26. The number of aromatic nitrogens is 3. The van der Waals surface area contributed by atoms with Crippen molar-refractivity contribution in [2.75, 3.05) is 24.3 Å². The third-order valence-electron chi connectivity index (χ3n) is 4.74. The number of hydrogen-bond acceptors (Lipinski definition) is 13. The maximum atomic E-state index is 13.1. The van der Waals surface area contributed by atoms with Crippen molar-refractivity contribution in [1.82, 2.24) is 25.4 Å². The summed E-state index contributed by atoms with van der Waals surface area (Å²) < 4.78 is 6.12. The number of carbonyl (C=O) groups is 3. The van der Waals surface area contributed by atoms with Gasteiger partial charge in [-0.25, -0.2) is 4.98 Å². The zero-order chi connectivity index (χ0) is 23.0. The first-order chi connectivity index (χ1) is 15.2. The van der Waals surface area contributed by atoms with Gasteiger partial charge < -0.3 is 25.7 Å². The van der Waals surface area contributed by atoms with Crippen LogP contribution in [0.2, 0.25) is 0 Å². The second-order valence-corrected chi connectivity index (χ2v) is 11.2. The van der Waals surface area contributed by atoms with Gasteiger partial charge in [0.25, 0.3) is 11.6 Å². The van der Waals surface area contributed by atoms with Crippen LogP contribution in [0.4, 0.5) is 5.13 Å². The molecule has 0 aromatic carbocycles. The number of carbonyl (C=O) groups excluding carboxylic acids is 3. The summed E-state index contributed by atoms with van der Waals surface area (Å²) in [5, 5.41) is 24.5. The van der Waals surface area contributed by atoms with Crippen LogP contribution in [0.5, 0.6) is 0 Å². The minimum atomic E-state index is -1.67. The van der Waals surface area contributed by atoms with Crippen LogP contribution < -0.4 is 45.7 Å². The summed E-state index contributed by atoms with van der Waals surface area (Å²) in [6.45, 7) is 1.83. The molecule has 4 heterocycles. The number of carboxylic acid groups (broad SMARTS) is 1. The van der Waals surface area contributed by atoms with Gasteiger partial charge >= 0.3 is 29.6 Å². The summed E-state index contributed by atoms with van der Waals surface area (Å²) in [5.41, 5.74) is 4.73. The SMILES string of the molecule is CO[C@@]1(NC(=O)Cc2csc(N)n2)C(=O)N2C(C(=O)[O-])=C(CSc3nnc(C)s3)CS[C@H]21.[Na+]. The van der Waals surface area contributed by atoms with Gasteiger partial charge in [-0.15, -0.1) is 33.3 Å². The smallest absolute Gasteiger partial charge is 0.543 e. The first kappa shape index (κ1) is 26.4. The second-order valence-electron chi connectivity index (χ2n) is 6.80. The van der Waals surface area contributed by atoms with Crippen LogP contribution in [0.1, 0.15) is 10.7 Å². The second kappa shape index (κ2) is 10.6. The Kier molecular flexibility index (Phi) is 8.48. The Morgan fingerprint density at radius 2 is 2.21 bits per heavy atom. The van der Waals surface area contributed by atoms with Crippen LogP contribution in [-0.4, -0.2) is 67.6 Å². The van der Waals surface area contributed by atoms with Gasteiger partial charge in [-0.05, 0) is 12.5 Å². The summed E-state index contributed by atoms with van der Waals surface area (Å²) in [4.78, 5) is 42.7. The molecule has 1 saturated heterocycles. The van der Waals surface area contributed by atoms with Gasteiger partial charge in [0.2, 0.25) is 5.91 Å². The fourth-order valence-electron chi connectivity index (χ4n) is 3.35. The average Bonchev–Trinajstić information content (AvgIpc) is 3.36. The van der Waals surface area contributed by atoms with Crippen molar-refractivity contribution in [2.45, 2.75) is 28.8 Å². The molecule has 2 atom stereocenters. The number of aliphatic carboxylic acids is 1. The Morgan fingerprint density at radius 1 is 1.45 bits per heavy atom. The van der Waals surface area contributed by atoms with E-state index in [1.165, 1.54) is 53.3 Å². The predicted octanol–water partition coefficient (Wildman–Crippen LogP) is -3.40. The number of thioether (sulfide) groups is 2. The minimum absolute atomic E-state index is 0. The fraction of sp³-hybridized carbons (Fsp3) is 0.412. The van der Waals surface area contributed by atoms with E-state index in [-0.39, 0.29) is 41.7 Å². The molecular formula is C17H17N6NaO5S4. The van der Waals surface area contributed by atoms with Crippen LogP contribution in [0.3, 0.4) is 0 Å². The van der Waals surface area contributed by atoms with Crippen molar-refractivity contribution < 1.29 is 53.8 Å². The molecule has 16 heteroatoms. The summed E-state index contributed by atoms with van der Waals surface area (Å²) in [6, 6.07) is 0. The standard InChI is InChI=1S/C17H18N6O5S4.Na/c1-7-21-22-16(32-7)31-5-8-4-29-14-17(28-2,13(27)23(14)11(8)12(25)26)20-10(24)3-9-6-30-15(18)19-9;/h6,14H,3-5H2,1-2H3,(H2,18,19)(H,20,24)(H,25,26);/q;+1/p-1/t14-,17-;/m0./s1. The molecule has 2 aromatic heterocycles. The third-order valence-corrected chi connectivity index (χ3v) is 8.89. The molecule has 2 aliphatic heterocycles. The monoisotopic (exact) mass is 536 g/mol. The molecule has 0 bridgehead atoms. The summed E-state index contributed by atoms with van der Waals surface area (Å²) in [5.74, 6) is -1.97. The van der Waals surface area contributed by atoms with Gasteiger partial charge in [0.15, 0.2) is 9.47 Å². The summed E-state index contributed by atoms with van der Waals surface area (Å²) in [7, 11) is 1.29. The molecule has 2 aromatic rings. The van der Waals surface area contributed by atoms with E-state index >= 15 is 0 Å². The molecule has 0 unspecified atom stereocenters. The number of nitrogens with one attached hydrogen (secondary N) is 1. The number of nitrogen functional groups attached to an aromatic ring is 1. The third kappa shape index (κ3) is 5.10. The topological polar surface area (TPSA) is 163 Å². The largest absolute Gasteiger partial charge is 1.00 e. The molecule has 1 fully saturated rings. The van der Waals surface area contributed by atoms with Crippen LogP contribution in [0, 0.1) is 6.92 Å². The number of anilines is 1. The van der Waals surface area contributed by atoms with Gasteiger partial charge in [0, 0.05) is 24.0 Å².